The molecular weight excluding hydrogens is 309 g/mol. The number of carbonyl (C=O) groups is 1. The monoisotopic (exact) mass is 327 g/mol. The summed E-state index contributed by atoms with van der Waals surface area (Å²) in [5, 5.41) is 2.65. The lowest BCUT2D eigenvalue weighted by Crippen LogP contribution is -2.22. The molecule has 0 saturated carbocycles. The lowest BCUT2D eigenvalue weighted by Gasteiger charge is -2.16. The van der Waals surface area contributed by atoms with E-state index in [0.29, 0.717) is 5.56 Å². The number of amides is 1. The molecule has 21 heavy (non-hydrogen) atoms. The molecular formula is C14H18NO4PS. The van der Waals surface area contributed by atoms with Crippen molar-refractivity contribution in [3.63, 3.8) is 0 Å². The SMILES string of the molecule is C=CCOP(=O)(OCC=C)SCNC(=O)c1ccccc1. The van der Waals surface area contributed by atoms with Crippen molar-refractivity contribution in [3.05, 3.63) is 61.2 Å². The second-order valence-electron chi connectivity index (χ2n) is 3.76. The second kappa shape index (κ2) is 9.58. The summed E-state index contributed by atoms with van der Waals surface area (Å²) in [6, 6.07) is 8.76. The van der Waals surface area contributed by atoms with Crippen LogP contribution in [0.2, 0.25) is 0 Å². The molecule has 7 heteroatoms. The minimum atomic E-state index is -3.34. The largest absolute Gasteiger partial charge is 0.391 e. The van der Waals surface area contributed by atoms with Crippen LogP contribution in [0.15, 0.2) is 55.6 Å². The van der Waals surface area contributed by atoms with E-state index in [1.165, 1.54) is 12.2 Å². The first-order chi connectivity index (χ1) is 10.1. The second-order valence-corrected chi connectivity index (χ2v) is 7.84. The van der Waals surface area contributed by atoms with Gasteiger partial charge in [-0.15, -0.1) is 13.2 Å². The van der Waals surface area contributed by atoms with Gasteiger partial charge in [-0.25, -0.2) is 4.57 Å². The van der Waals surface area contributed by atoms with Gasteiger partial charge in [-0.3, -0.25) is 13.8 Å². The third-order valence-electron chi connectivity index (χ3n) is 2.19. The Kier molecular flexibility index (Phi) is 8.08. The average Bonchev–Trinajstić information content (AvgIpc) is 2.52. The minimum Gasteiger partial charge on any atom is -0.342 e. The van der Waals surface area contributed by atoms with Gasteiger partial charge in [0.1, 0.15) is 0 Å². The molecule has 1 aromatic rings. The van der Waals surface area contributed by atoms with Gasteiger partial charge in [0, 0.05) is 5.56 Å². The smallest absolute Gasteiger partial charge is 0.342 e. The summed E-state index contributed by atoms with van der Waals surface area (Å²) in [7, 11) is 0. The maximum atomic E-state index is 12.3. The highest BCUT2D eigenvalue weighted by molar-refractivity contribution is 8.55. The first-order valence-corrected chi connectivity index (χ1v) is 9.33. The van der Waals surface area contributed by atoms with Crippen LogP contribution in [0.4, 0.5) is 0 Å². The summed E-state index contributed by atoms with van der Waals surface area (Å²) in [5.41, 5.74) is 0.534. The topological polar surface area (TPSA) is 64.6 Å². The number of carbonyl (C=O) groups excluding carboxylic acids is 1. The fourth-order valence-corrected chi connectivity index (χ4v) is 3.90. The predicted octanol–water partition coefficient (Wildman–Crippen LogP) is 3.62. The van der Waals surface area contributed by atoms with Crippen LogP contribution in [0, 0.1) is 0 Å². The van der Waals surface area contributed by atoms with Crippen LogP contribution in [0.25, 0.3) is 0 Å². The van der Waals surface area contributed by atoms with Crippen LogP contribution in [-0.4, -0.2) is 25.0 Å². The zero-order chi connectivity index (χ0) is 15.6. The molecule has 0 spiro atoms. The lowest BCUT2D eigenvalue weighted by atomic mass is 10.2. The summed E-state index contributed by atoms with van der Waals surface area (Å²) < 4.78 is 22.6. The highest BCUT2D eigenvalue weighted by atomic mass is 32.7. The molecule has 0 bridgehead atoms. The maximum Gasteiger partial charge on any atom is 0.391 e. The van der Waals surface area contributed by atoms with Crippen LogP contribution < -0.4 is 5.32 Å². The molecule has 114 valence electrons. The number of hydrogen-bond donors (Lipinski definition) is 1. The van der Waals surface area contributed by atoms with Gasteiger partial charge >= 0.3 is 6.80 Å². The van der Waals surface area contributed by atoms with E-state index in [1.54, 1.807) is 24.3 Å². The van der Waals surface area contributed by atoms with Crippen molar-refractivity contribution >= 4 is 24.1 Å². The molecule has 0 radical (unpaired) electrons. The zero-order valence-electron chi connectivity index (χ0n) is 11.6. The van der Waals surface area contributed by atoms with E-state index in [-0.39, 0.29) is 25.0 Å². The van der Waals surface area contributed by atoms with E-state index in [1.807, 2.05) is 6.07 Å². The Labute approximate surface area is 128 Å². The standard InChI is InChI=1S/C14H18NO4PS/c1-3-10-18-20(17,19-11-4-2)21-12-15-14(16)13-8-6-5-7-9-13/h3-9H,1-2,10-12H2,(H,15,16). The molecule has 0 heterocycles. The Balaban J connectivity index is 2.49. The Morgan fingerprint density at radius 2 is 1.76 bits per heavy atom. The fraction of sp³-hybridized carbons (Fsp3) is 0.214. The molecule has 5 nitrogen and oxygen atoms in total. The van der Waals surface area contributed by atoms with Crippen molar-refractivity contribution in [2.45, 2.75) is 0 Å². The first kappa shape index (κ1) is 17.7. The average molecular weight is 327 g/mol. The summed E-state index contributed by atoms with van der Waals surface area (Å²) in [5.74, 6) is -0.138. The van der Waals surface area contributed by atoms with Gasteiger partial charge in [-0.2, -0.15) is 0 Å². The molecule has 1 rings (SSSR count). The summed E-state index contributed by atoms with van der Waals surface area (Å²) in [6.07, 6.45) is 2.96. The number of hydrogen-bond acceptors (Lipinski definition) is 5. The number of nitrogens with one attached hydrogen (secondary N) is 1. The molecule has 0 aliphatic rings. The molecule has 1 amide bonds. The van der Waals surface area contributed by atoms with Gasteiger partial charge in [0.2, 0.25) is 0 Å². The molecule has 0 fully saturated rings. The quantitative estimate of drug-likeness (QED) is 0.404. The van der Waals surface area contributed by atoms with Gasteiger partial charge in [-0.05, 0) is 23.5 Å². The third kappa shape index (κ3) is 6.78. The van der Waals surface area contributed by atoms with E-state index in [2.05, 4.69) is 18.5 Å². The maximum absolute atomic E-state index is 12.3. The summed E-state index contributed by atoms with van der Waals surface area (Å²) in [6.45, 7) is 3.85. The van der Waals surface area contributed by atoms with Crippen LogP contribution in [0.1, 0.15) is 10.4 Å². The molecule has 0 aromatic heterocycles. The van der Waals surface area contributed by atoms with E-state index in [9.17, 15) is 9.36 Å². The Morgan fingerprint density at radius 3 is 2.29 bits per heavy atom. The molecule has 0 atom stereocenters. The van der Waals surface area contributed by atoms with Gasteiger partial charge in [0.25, 0.3) is 5.91 Å². The molecule has 0 unspecified atom stereocenters. The van der Waals surface area contributed by atoms with Crippen molar-refractivity contribution < 1.29 is 18.4 Å². The Hall–Kier alpha value is -1.33. The van der Waals surface area contributed by atoms with E-state index in [4.69, 9.17) is 9.05 Å². The molecule has 0 saturated heterocycles. The minimum absolute atomic E-state index is 0.105. The van der Waals surface area contributed by atoms with Gasteiger partial charge < -0.3 is 5.32 Å². The Bertz CT molecular complexity index is 505. The molecule has 1 aromatic carbocycles. The normalized spacial score (nSPS) is 10.9. The molecule has 0 aliphatic heterocycles. The Morgan fingerprint density at radius 1 is 1.19 bits per heavy atom. The third-order valence-corrected chi connectivity index (χ3v) is 5.68. The van der Waals surface area contributed by atoms with Crippen LogP contribution in [0.5, 0.6) is 0 Å². The van der Waals surface area contributed by atoms with E-state index < -0.39 is 6.80 Å². The number of rotatable bonds is 10. The van der Waals surface area contributed by atoms with Gasteiger partial charge in [0.15, 0.2) is 0 Å². The highest BCUT2D eigenvalue weighted by Crippen LogP contribution is 2.60. The fourth-order valence-electron chi connectivity index (χ4n) is 1.27. The van der Waals surface area contributed by atoms with Gasteiger partial charge in [0.05, 0.1) is 19.1 Å². The van der Waals surface area contributed by atoms with Crippen molar-refractivity contribution in [3.8, 4) is 0 Å². The van der Waals surface area contributed by atoms with Crippen LogP contribution in [-0.2, 0) is 13.6 Å². The summed E-state index contributed by atoms with van der Waals surface area (Å²) in [4.78, 5) is 11.8. The van der Waals surface area contributed by atoms with E-state index >= 15 is 0 Å². The van der Waals surface area contributed by atoms with E-state index in [0.717, 1.165) is 11.4 Å². The van der Waals surface area contributed by atoms with Crippen LogP contribution >= 0.6 is 18.2 Å². The lowest BCUT2D eigenvalue weighted by molar-refractivity contribution is 0.0961. The number of benzene rings is 1. The molecule has 1 N–H and O–H groups in total. The zero-order valence-corrected chi connectivity index (χ0v) is 13.3. The van der Waals surface area contributed by atoms with Crippen molar-refractivity contribution in [1.29, 1.82) is 0 Å². The predicted molar refractivity (Wildman–Crippen MR) is 86.3 cm³/mol. The van der Waals surface area contributed by atoms with Crippen LogP contribution in [0.3, 0.4) is 0 Å². The highest BCUT2D eigenvalue weighted by Gasteiger charge is 2.25. The van der Waals surface area contributed by atoms with Crippen molar-refractivity contribution in [1.82, 2.24) is 5.32 Å². The van der Waals surface area contributed by atoms with Crippen molar-refractivity contribution in [2.24, 2.45) is 0 Å². The van der Waals surface area contributed by atoms with Crippen molar-refractivity contribution in [2.75, 3.05) is 19.1 Å². The summed E-state index contributed by atoms with van der Waals surface area (Å²) >= 11 is 0.910. The molecule has 0 aliphatic carbocycles. The first-order valence-electron chi connectivity index (χ1n) is 6.20. The van der Waals surface area contributed by atoms with Gasteiger partial charge in [-0.1, -0.05) is 30.4 Å².